The Morgan fingerprint density at radius 2 is 1.75 bits per heavy atom. The van der Waals surface area contributed by atoms with Crippen LogP contribution >= 0.6 is 0 Å². The minimum atomic E-state index is -3.77. The van der Waals surface area contributed by atoms with Gasteiger partial charge in [0.15, 0.2) is 0 Å². The van der Waals surface area contributed by atoms with E-state index in [9.17, 15) is 23.4 Å². The van der Waals surface area contributed by atoms with Crippen LogP contribution in [0.5, 0.6) is 5.75 Å². The van der Waals surface area contributed by atoms with Crippen molar-refractivity contribution in [1.82, 2.24) is 4.31 Å². The Balaban J connectivity index is 0. The number of benzene rings is 1. The third-order valence-corrected chi connectivity index (χ3v) is 4.56. The fraction of sp³-hybridized carbons (Fsp3) is 0.364. The van der Waals surface area contributed by atoms with Crippen LogP contribution in [0.3, 0.4) is 0 Å². The molecule has 0 aliphatic heterocycles. The Hall–Kier alpha value is -1.12. The molecule has 0 aliphatic carbocycles. The molecule has 0 saturated carbocycles. The smallest absolute Gasteiger partial charge is 0.872 e. The van der Waals surface area contributed by atoms with E-state index in [-0.39, 0.29) is 40.5 Å². The Morgan fingerprint density at radius 3 is 2.15 bits per heavy atom. The van der Waals surface area contributed by atoms with Gasteiger partial charge >= 0.3 is 17.1 Å². The van der Waals surface area contributed by atoms with Crippen LogP contribution in [-0.4, -0.2) is 31.8 Å². The van der Waals surface area contributed by atoms with Gasteiger partial charge in [-0.15, -0.1) is 0 Å². The van der Waals surface area contributed by atoms with Gasteiger partial charge in [-0.3, -0.25) is 0 Å². The first-order valence-electron chi connectivity index (χ1n) is 5.37. The molecule has 0 unspecified atom stereocenters. The van der Waals surface area contributed by atoms with Crippen LogP contribution in [0.25, 0.3) is 0 Å². The summed E-state index contributed by atoms with van der Waals surface area (Å²) in [6, 6.07) is 2.86. The van der Waals surface area contributed by atoms with Crippen LogP contribution < -0.4 is 10.2 Å². The van der Waals surface area contributed by atoms with Crippen LogP contribution in [0.15, 0.2) is 23.1 Å². The van der Waals surface area contributed by atoms with Gasteiger partial charge in [-0.2, -0.15) is 4.31 Å². The fourth-order valence-electron chi connectivity index (χ4n) is 1.54. The van der Waals surface area contributed by atoms with Gasteiger partial charge in [0.2, 0.25) is 10.0 Å². The summed E-state index contributed by atoms with van der Waals surface area (Å²) in [5.41, 5.74) is -0.650. The second-order valence-corrected chi connectivity index (χ2v) is 5.47. The number of sulfonamides is 1. The topological polar surface area (TPSA) is 134 Å². The zero-order valence-electron chi connectivity index (χ0n) is 10.9. The van der Waals surface area contributed by atoms with E-state index in [2.05, 4.69) is 0 Å². The van der Waals surface area contributed by atoms with Gasteiger partial charge < -0.3 is 20.5 Å². The normalized spacial score (nSPS) is 10.6. The summed E-state index contributed by atoms with van der Waals surface area (Å²) in [6.07, 6.45) is 0. The van der Waals surface area contributed by atoms with Gasteiger partial charge in [0.25, 0.3) is 0 Å². The van der Waals surface area contributed by atoms with Crippen molar-refractivity contribution in [2.24, 2.45) is 0 Å². The monoisotopic (exact) mass is 353 g/mol. The molecule has 0 aliphatic rings. The minimum absolute atomic E-state index is 0. The summed E-state index contributed by atoms with van der Waals surface area (Å²) in [7, 11) is -3.77. The van der Waals surface area contributed by atoms with Crippen LogP contribution in [-0.2, 0) is 32.6 Å². The Kier molecular flexibility index (Phi) is 8.72. The van der Waals surface area contributed by atoms with Crippen molar-refractivity contribution in [3.8, 4) is 5.75 Å². The van der Waals surface area contributed by atoms with E-state index in [1.165, 1.54) is 4.31 Å². The summed E-state index contributed by atoms with van der Waals surface area (Å²) in [5, 5.41) is 21.9. The fourth-order valence-corrected chi connectivity index (χ4v) is 3.03. The number of carboxylic acid groups (broad SMARTS) is 1. The standard InChI is InChI=1S/C11H15NO5S.Cu.H2O/c1-3-12(4-2)18(16,17)8-5-6-10(13)9(7-8)11(14)15;;/h5-7,13H,3-4H2,1-2H3,(H,14,15);;1H2/q;+2;/p-1. The first-order chi connectivity index (χ1) is 8.34. The largest absolute Gasteiger partial charge is 2.00 e. The molecule has 7 nitrogen and oxygen atoms in total. The van der Waals surface area contributed by atoms with E-state index in [0.29, 0.717) is 0 Å². The number of carboxylic acids is 1. The molecule has 1 radical (unpaired) electrons. The van der Waals surface area contributed by atoms with Crippen LogP contribution in [0.1, 0.15) is 24.2 Å². The third-order valence-electron chi connectivity index (χ3n) is 2.51. The van der Waals surface area contributed by atoms with E-state index in [1.807, 2.05) is 0 Å². The molecule has 1 aromatic rings. The quantitative estimate of drug-likeness (QED) is 0.456. The molecule has 0 bridgehead atoms. The van der Waals surface area contributed by atoms with Gasteiger partial charge in [-0.25, -0.2) is 8.42 Å². The van der Waals surface area contributed by atoms with Crippen molar-refractivity contribution in [2.45, 2.75) is 18.7 Å². The third kappa shape index (κ3) is 4.19. The Morgan fingerprint density at radius 1 is 1.25 bits per heavy atom. The van der Waals surface area contributed by atoms with Gasteiger partial charge in [0.05, 0.1) is 10.9 Å². The van der Waals surface area contributed by atoms with Crippen molar-refractivity contribution >= 4 is 16.0 Å². The SMILES string of the molecule is CCN(CC)S(=O)(=O)c1ccc([O-])c(C(=O)[O-])c1.[Cu+2].[OH3+]. The van der Waals surface area contributed by atoms with Crippen molar-refractivity contribution in [3.05, 3.63) is 23.8 Å². The first-order valence-corrected chi connectivity index (χ1v) is 6.81. The van der Waals surface area contributed by atoms with Gasteiger partial charge in [-0.1, -0.05) is 25.7 Å². The molecule has 3 N–H and O–H groups in total. The van der Waals surface area contributed by atoms with E-state index in [0.717, 1.165) is 18.2 Å². The molecular formula is C11H16CuNO6S+. The van der Waals surface area contributed by atoms with E-state index >= 15 is 0 Å². The number of hydrogen-bond donors (Lipinski definition) is 0. The van der Waals surface area contributed by atoms with Crippen molar-refractivity contribution in [3.63, 3.8) is 0 Å². The van der Waals surface area contributed by atoms with Crippen molar-refractivity contribution < 1.29 is 46.0 Å². The number of hydrogen-bond acceptors (Lipinski definition) is 5. The molecule has 0 fully saturated rings. The molecule has 20 heavy (non-hydrogen) atoms. The maximum atomic E-state index is 12.1. The second-order valence-electron chi connectivity index (χ2n) is 3.53. The van der Waals surface area contributed by atoms with Crippen LogP contribution in [0.2, 0.25) is 0 Å². The predicted octanol–water partition coefficient (Wildman–Crippen LogP) is -1.77. The number of carbonyl (C=O) groups is 1. The summed E-state index contributed by atoms with van der Waals surface area (Å²) < 4.78 is 25.4. The van der Waals surface area contributed by atoms with Gasteiger partial charge in [0.1, 0.15) is 0 Å². The molecule has 117 valence electrons. The summed E-state index contributed by atoms with van der Waals surface area (Å²) in [4.78, 5) is 10.5. The molecule has 0 amide bonds. The summed E-state index contributed by atoms with van der Waals surface area (Å²) in [5.74, 6) is -2.45. The van der Waals surface area contributed by atoms with Gasteiger partial charge in [0, 0.05) is 13.1 Å². The number of nitrogens with zero attached hydrogens (tertiary/aromatic N) is 1. The maximum absolute atomic E-state index is 12.1. The van der Waals surface area contributed by atoms with Gasteiger partial charge in [-0.05, 0) is 17.7 Å². The molecular weight excluding hydrogens is 338 g/mol. The van der Waals surface area contributed by atoms with Crippen LogP contribution in [0, 0.1) is 0 Å². The summed E-state index contributed by atoms with van der Waals surface area (Å²) in [6.45, 7) is 3.86. The van der Waals surface area contributed by atoms with E-state index in [1.54, 1.807) is 13.8 Å². The second kappa shape index (κ2) is 8.23. The van der Waals surface area contributed by atoms with E-state index in [4.69, 9.17) is 0 Å². The first kappa shape index (κ1) is 21.2. The number of aromatic carboxylic acids is 1. The van der Waals surface area contributed by atoms with Crippen molar-refractivity contribution in [2.75, 3.05) is 13.1 Å². The Bertz CT molecular complexity index is 556. The molecule has 1 aromatic carbocycles. The molecule has 9 heteroatoms. The predicted molar refractivity (Wildman–Crippen MR) is 65.2 cm³/mol. The molecule has 0 saturated heterocycles. The Labute approximate surface area is 128 Å². The average Bonchev–Trinajstić information content (AvgIpc) is 2.30. The van der Waals surface area contributed by atoms with Crippen molar-refractivity contribution in [1.29, 1.82) is 0 Å². The zero-order chi connectivity index (χ0) is 13.9. The molecule has 0 aromatic heterocycles. The minimum Gasteiger partial charge on any atom is -0.872 e. The maximum Gasteiger partial charge on any atom is 2.00 e. The van der Waals surface area contributed by atoms with Crippen LogP contribution in [0.4, 0.5) is 0 Å². The summed E-state index contributed by atoms with van der Waals surface area (Å²) >= 11 is 0. The van der Waals surface area contributed by atoms with E-state index < -0.39 is 27.3 Å². The number of rotatable bonds is 5. The molecule has 0 heterocycles. The number of carbonyl (C=O) groups excluding carboxylic acids is 1. The molecule has 0 atom stereocenters. The average molecular weight is 354 g/mol. The molecule has 0 spiro atoms. The molecule has 1 rings (SSSR count). The zero-order valence-corrected chi connectivity index (χ0v) is 12.7.